The first-order valence-corrected chi connectivity index (χ1v) is 7.02. The zero-order valence-corrected chi connectivity index (χ0v) is 12.0. The third-order valence-electron chi connectivity index (χ3n) is 3.80. The molecule has 1 fully saturated rings. The number of nitrogens with two attached hydrogens (primary N) is 1. The minimum atomic E-state index is -0.597. The van der Waals surface area contributed by atoms with Crippen LogP contribution in [0, 0.1) is 17.6 Å². The van der Waals surface area contributed by atoms with Crippen molar-refractivity contribution in [1.29, 1.82) is 0 Å². The molecule has 0 bridgehead atoms. The highest BCUT2D eigenvalue weighted by molar-refractivity contribution is 5.69. The zero-order chi connectivity index (χ0) is 15.4. The number of ether oxygens (including phenoxy) is 1. The molecule has 0 amide bonds. The Labute approximate surface area is 122 Å². The number of hydrogen-bond donors (Lipinski definition) is 1. The molecule has 116 valence electrons. The molecule has 0 aliphatic carbocycles. The van der Waals surface area contributed by atoms with E-state index in [-0.39, 0.29) is 17.9 Å². The predicted octanol–water partition coefficient (Wildman–Crippen LogP) is 2.07. The summed E-state index contributed by atoms with van der Waals surface area (Å²) in [5.74, 6) is -1.25. The monoisotopic (exact) mass is 298 g/mol. The van der Waals surface area contributed by atoms with Gasteiger partial charge in [0, 0.05) is 31.6 Å². The molecule has 1 saturated heterocycles. The Morgan fingerprint density at radius 3 is 2.86 bits per heavy atom. The number of halogens is 2. The van der Waals surface area contributed by atoms with E-state index in [1.54, 1.807) is 0 Å². The molecule has 1 aromatic carbocycles. The Bertz CT molecular complexity index is 510. The molecule has 0 radical (unpaired) electrons. The van der Waals surface area contributed by atoms with Gasteiger partial charge in [0.05, 0.1) is 12.8 Å². The summed E-state index contributed by atoms with van der Waals surface area (Å²) < 4.78 is 31.5. The van der Waals surface area contributed by atoms with Crippen LogP contribution < -0.4 is 10.6 Å². The molecule has 21 heavy (non-hydrogen) atoms. The van der Waals surface area contributed by atoms with Gasteiger partial charge < -0.3 is 15.4 Å². The summed E-state index contributed by atoms with van der Waals surface area (Å²) >= 11 is 0. The van der Waals surface area contributed by atoms with Crippen molar-refractivity contribution in [3.63, 3.8) is 0 Å². The number of rotatable bonds is 4. The fourth-order valence-electron chi connectivity index (χ4n) is 2.81. The molecule has 1 aromatic rings. The average Bonchev–Trinajstić information content (AvgIpc) is 2.44. The van der Waals surface area contributed by atoms with Crippen LogP contribution in [0.25, 0.3) is 0 Å². The minimum Gasteiger partial charge on any atom is -0.469 e. The quantitative estimate of drug-likeness (QED) is 0.865. The Balaban J connectivity index is 2.04. The fourth-order valence-corrected chi connectivity index (χ4v) is 2.81. The number of carbonyl (C=O) groups is 1. The maximum atomic E-state index is 13.9. The van der Waals surface area contributed by atoms with Gasteiger partial charge in [0.1, 0.15) is 11.6 Å². The lowest BCUT2D eigenvalue weighted by Gasteiger charge is -2.38. The molecule has 6 heteroatoms. The van der Waals surface area contributed by atoms with Crippen molar-refractivity contribution in [2.24, 2.45) is 11.7 Å². The third-order valence-corrected chi connectivity index (χ3v) is 3.80. The van der Waals surface area contributed by atoms with Crippen LogP contribution in [-0.2, 0) is 9.53 Å². The number of nitrogens with zero attached hydrogens (tertiary/aromatic N) is 1. The van der Waals surface area contributed by atoms with Crippen molar-refractivity contribution in [3.8, 4) is 0 Å². The van der Waals surface area contributed by atoms with Gasteiger partial charge in [-0.25, -0.2) is 8.78 Å². The molecular weight excluding hydrogens is 278 g/mol. The van der Waals surface area contributed by atoms with Crippen LogP contribution >= 0.6 is 0 Å². The number of anilines is 1. The SMILES string of the molecule is COC(=O)CCC1CC(N)CN(c2ccc(F)cc2F)C1. The largest absolute Gasteiger partial charge is 0.469 e. The molecule has 1 aliphatic rings. The highest BCUT2D eigenvalue weighted by atomic mass is 19.1. The number of esters is 1. The van der Waals surface area contributed by atoms with Crippen LogP contribution in [0.15, 0.2) is 18.2 Å². The van der Waals surface area contributed by atoms with E-state index in [0.29, 0.717) is 31.6 Å². The van der Waals surface area contributed by atoms with Crippen LogP contribution in [0.4, 0.5) is 14.5 Å². The van der Waals surface area contributed by atoms with Crippen molar-refractivity contribution >= 4 is 11.7 Å². The summed E-state index contributed by atoms with van der Waals surface area (Å²) in [6.07, 6.45) is 1.77. The van der Waals surface area contributed by atoms with Crippen LogP contribution in [0.5, 0.6) is 0 Å². The first kappa shape index (κ1) is 15.7. The van der Waals surface area contributed by atoms with Crippen molar-refractivity contribution in [2.75, 3.05) is 25.1 Å². The summed E-state index contributed by atoms with van der Waals surface area (Å²) in [5.41, 5.74) is 6.37. The van der Waals surface area contributed by atoms with E-state index in [4.69, 9.17) is 5.73 Å². The van der Waals surface area contributed by atoms with Crippen LogP contribution in [0.3, 0.4) is 0 Å². The van der Waals surface area contributed by atoms with E-state index in [0.717, 1.165) is 12.5 Å². The van der Waals surface area contributed by atoms with E-state index in [1.165, 1.54) is 19.2 Å². The lowest BCUT2D eigenvalue weighted by atomic mass is 9.90. The van der Waals surface area contributed by atoms with Crippen molar-refractivity contribution in [2.45, 2.75) is 25.3 Å². The first-order valence-electron chi connectivity index (χ1n) is 7.02. The van der Waals surface area contributed by atoms with Gasteiger partial charge in [-0.3, -0.25) is 4.79 Å². The van der Waals surface area contributed by atoms with Gasteiger partial charge in [0.2, 0.25) is 0 Å². The lowest BCUT2D eigenvalue weighted by Crippen LogP contribution is -2.47. The smallest absolute Gasteiger partial charge is 0.305 e. The number of methoxy groups -OCH3 is 1. The topological polar surface area (TPSA) is 55.6 Å². The second-order valence-corrected chi connectivity index (χ2v) is 5.48. The number of carbonyl (C=O) groups excluding carboxylic acids is 1. The zero-order valence-electron chi connectivity index (χ0n) is 12.0. The number of hydrogen-bond acceptors (Lipinski definition) is 4. The maximum Gasteiger partial charge on any atom is 0.305 e. The molecule has 2 unspecified atom stereocenters. The summed E-state index contributed by atoms with van der Waals surface area (Å²) in [6, 6.07) is 3.45. The molecule has 0 spiro atoms. The second kappa shape index (κ2) is 6.85. The Hall–Kier alpha value is -1.69. The van der Waals surface area contributed by atoms with Crippen molar-refractivity contribution in [1.82, 2.24) is 0 Å². The Morgan fingerprint density at radius 2 is 2.19 bits per heavy atom. The second-order valence-electron chi connectivity index (χ2n) is 5.48. The standard InChI is InChI=1S/C15H20F2N2O2/c1-21-15(20)5-2-10-6-12(18)9-19(8-10)14-4-3-11(16)7-13(14)17/h3-4,7,10,12H,2,5-6,8-9,18H2,1H3. The van der Waals surface area contributed by atoms with Gasteiger partial charge in [-0.1, -0.05) is 0 Å². The van der Waals surface area contributed by atoms with E-state index >= 15 is 0 Å². The molecule has 0 saturated carbocycles. The molecule has 1 heterocycles. The van der Waals surface area contributed by atoms with E-state index in [2.05, 4.69) is 4.74 Å². The first-order chi connectivity index (χ1) is 9.99. The summed E-state index contributed by atoms with van der Waals surface area (Å²) in [7, 11) is 1.36. The van der Waals surface area contributed by atoms with Gasteiger partial charge in [0.15, 0.2) is 0 Å². The number of piperidine rings is 1. The van der Waals surface area contributed by atoms with Gasteiger partial charge in [-0.2, -0.15) is 0 Å². The fraction of sp³-hybridized carbons (Fsp3) is 0.533. The normalized spacial score (nSPS) is 22.2. The molecule has 2 N–H and O–H groups in total. The van der Waals surface area contributed by atoms with E-state index in [9.17, 15) is 13.6 Å². The van der Waals surface area contributed by atoms with Crippen LogP contribution in [-0.4, -0.2) is 32.2 Å². The van der Waals surface area contributed by atoms with Crippen LogP contribution in [0.1, 0.15) is 19.3 Å². The molecule has 1 aliphatic heterocycles. The highest BCUT2D eigenvalue weighted by Gasteiger charge is 2.27. The highest BCUT2D eigenvalue weighted by Crippen LogP contribution is 2.27. The number of benzene rings is 1. The molecule has 2 atom stereocenters. The van der Waals surface area contributed by atoms with E-state index in [1.807, 2.05) is 4.90 Å². The van der Waals surface area contributed by atoms with Crippen molar-refractivity contribution < 1.29 is 18.3 Å². The summed E-state index contributed by atoms with van der Waals surface area (Å²) in [4.78, 5) is 13.0. The average molecular weight is 298 g/mol. The van der Waals surface area contributed by atoms with Gasteiger partial charge in [0.25, 0.3) is 0 Å². The maximum absolute atomic E-state index is 13.9. The third kappa shape index (κ3) is 4.14. The van der Waals surface area contributed by atoms with Gasteiger partial charge in [-0.05, 0) is 30.9 Å². The molecule has 0 aromatic heterocycles. The van der Waals surface area contributed by atoms with Crippen LogP contribution in [0.2, 0.25) is 0 Å². The summed E-state index contributed by atoms with van der Waals surface area (Å²) in [6.45, 7) is 1.13. The Morgan fingerprint density at radius 1 is 1.43 bits per heavy atom. The minimum absolute atomic E-state index is 0.0918. The lowest BCUT2D eigenvalue weighted by molar-refractivity contribution is -0.141. The summed E-state index contributed by atoms with van der Waals surface area (Å²) in [5, 5.41) is 0. The molecule has 2 rings (SSSR count). The Kier molecular flexibility index (Phi) is 5.12. The molecule has 4 nitrogen and oxygen atoms in total. The van der Waals surface area contributed by atoms with Crippen molar-refractivity contribution in [3.05, 3.63) is 29.8 Å². The molecular formula is C15H20F2N2O2. The van der Waals surface area contributed by atoms with E-state index < -0.39 is 11.6 Å². The predicted molar refractivity (Wildman–Crippen MR) is 75.9 cm³/mol. The van der Waals surface area contributed by atoms with Gasteiger partial charge >= 0.3 is 5.97 Å². The van der Waals surface area contributed by atoms with Gasteiger partial charge in [-0.15, -0.1) is 0 Å².